The molecule has 1 aliphatic heterocycles. The zero-order valence-corrected chi connectivity index (χ0v) is 12.3. The number of aryl methyl sites for hydroxylation is 1. The Kier molecular flexibility index (Phi) is 4.01. The van der Waals surface area contributed by atoms with Crippen molar-refractivity contribution in [1.82, 2.24) is 4.31 Å². The zero-order valence-electron chi connectivity index (χ0n) is 11.5. The number of hydrogen-bond acceptors (Lipinski definition) is 5. The molecule has 2 rings (SSSR count). The highest BCUT2D eigenvalue weighted by Gasteiger charge is 2.41. The van der Waals surface area contributed by atoms with Gasteiger partial charge in [0, 0.05) is 6.54 Å². The molecule has 0 spiro atoms. The summed E-state index contributed by atoms with van der Waals surface area (Å²) in [7, 11) is -2.54. The van der Waals surface area contributed by atoms with E-state index in [1.807, 2.05) is 0 Å². The van der Waals surface area contributed by atoms with Gasteiger partial charge in [0.1, 0.15) is 10.9 Å². The first-order valence-electron chi connectivity index (χ1n) is 6.34. The molecule has 20 heavy (non-hydrogen) atoms. The molecule has 0 aromatic heterocycles. The van der Waals surface area contributed by atoms with E-state index < -0.39 is 22.0 Å². The summed E-state index contributed by atoms with van der Waals surface area (Å²) in [5.74, 6) is -0.529. The van der Waals surface area contributed by atoms with Crippen molar-refractivity contribution in [3.63, 3.8) is 0 Å². The van der Waals surface area contributed by atoms with Crippen LogP contribution in [0.25, 0.3) is 0 Å². The fraction of sp³-hybridized carbons (Fsp3) is 0.462. The maximum atomic E-state index is 12.7. The van der Waals surface area contributed by atoms with Crippen LogP contribution in [-0.2, 0) is 19.6 Å². The van der Waals surface area contributed by atoms with Crippen LogP contribution >= 0.6 is 0 Å². The quantitative estimate of drug-likeness (QED) is 0.661. The molecule has 6 nitrogen and oxygen atoms in total. The Morgan fingerprint density at radius 3 is 2.75 bits per heavy atom. The largest absolute Gasteiger partial charge is 0.468 e. The number of hydrogen-bond donors (Lipinski definition) is 1. The van der Waals surface area contributed by atoms with E-state index in [0.29, 0.717) is 24.9 Å². The van der Waals surface area contributed by atoms with Gasteiger partial charge in [-0.15, -0.1) is 0 Å². The Labute approximate surface area is 118 Å². The first-order valence-corrected chi connectivity index (χ1v) is 7.78. The van der Waals surface area contributed by atoms with E-state index in [2.05, 4.69) is 4.74 Å². The Bertz CT molecular complexity index is 607. The molecular formula is C13H18N2O4S. The molecule has 0 saturated carbocycles. The third-order valence-electron chi connectivity index (χ3n) is 3.49. The van der Waals surface area contributed by atoms with Gasteiger partial charge in [-0.1, -0.05) is 12.1 Å². The van der Waals surface area contributed by atoms with Crippen molar-refractivity contribution in [2.24, 2.45) is 0 Å². The number of carbonyl (C=O) groups excluding carboxylic acids is 1. The lowest BCUT2D eigenvalue weighted by Gasteiger charge is -2.23. The number of nitrogens with two attached hydrogens (primary N) is 1. The van der Waals surface area contributed by atoms with Crippen LogP contribution in [0.2, 0.25) is 0 Å². The van der Waals surface area contributed by atoms with Gasteiger partial charge < -0.3 is 10.5 Å². The topological polar surface area (TPSA) is 89.7 Å². The summed E-state index contributed by atoms with van der Waals surface area (Å²) < 4.78 is 31.4. The van der Waals surface area contributed by atoms with Gasteiger partial charge in [0.05, 0.1) is 12.8 Å². The smallest absolute Gasteiger partial charge is 0.324 e. The summed E-state index contributed by atoms with van der Waals surface area (Å²) in [6, 6.07) is 4.17. The van der Waals surface area contributed by atoms with Crippen LogP contribution in [0.15, 0.2) is 23.1 Å². The molecule has 1 saturated heterocycles. The van der Waals surface area contributed by atoms with Crippen LogP contribution in [-0.4, -0.2) is 38.4 Å². The molecule has 1 aromatic rings. The average Bonchev–Trinajstić information content (AvgIpc) is 2.87. The molecule has 1 atom stereocenters. The van der Waals surface area contributed by atoms with Gasteiger partial charge in [0.25, 0.3) is 0 Å². The Balaban J connectivity index is 2.47. The van der Waals surface area contributed by atoms with Crippen molar-refractivity contribution in [3.8, 4) is 0 Å². The van der Waals surface area contributed by atoms with E-state index in [-0.39, 0.29) is 10.6 Å². The van der Waals surface area contributed by atoms with Crippen molar-refractivity contribution in [2.75, 3.05) is 19.4 Å². The van der Waals surface area contributed by atoms with Crippen LogP contribution in [0.1, 0.15) is 18.4 Å². The number of nitrogen functional groups attached to an aromatic ring is 1. The third kappa shape index (κ3) is 2.38. The molecule has 1 aromatic carbocycles. The summed E-state index contributed by atoms with van der Waals surface area (Å²) in [5.41, 5.74) is 6.57. The zero-order chi connectivity index (χ0) is 14.9. The second kappa shape index (κ2) is 5.41. The van der Waals surface area contributed by atoms with Gasteiger partial charge in [-0.25, -0.2) is 8.42 Å². The minimum absolute atomic E-state index is 0.0794. The van der Waals surface area contributed by atoms with E-state index >= 15 is 0 Å². The molecule has 0 aliphatic carbocycles. The summed E-state index contributed by atoms with van der Waals surface area (Å²) >= 11 is 0. The minimum atomic E-state index is -3.80. The number of sulfonamides is 1. The average molecular weight is 298 g/mol. The second-order valence-electron chi connectivity index (χ2n) is 4.79. The monoisotopic (exact) mass is 298 g/mol. The van der Waals surface area contributed by atoms with Gasteiger partial charge in [-0.3, -0.25) is 4.79 Å². The molecule has 0 bridgehead atoms. The van der Waals surface area contributed by atoms with Crippen LogP contribution in [0.3, 0.4) is 0 Å². The van der Waals surface area contributed by atoms with E-state index in [9.17, 15) is 13.2 Å². The maximum absolute atomic E-state index is 12.7. The van der Waals surface area contributed by atoms with E-state index in [4.69, 9.17) is 5.73 Å². The molecule has 7 heteroatoms. The predicted molar refractivity (Wildman–Crippen MR) is 74.5 cm³/mol. The second-order valence-corrected chi connectivity index (χ2v) is 6.62. The van der Waals surface area contributed by atoms with Gasteiger partial charge in [0.15, 0.2) is 0 Å². The molecule has 1 unspecified atom stereocenters. The first kappa shape index (κ1) is 14.8. The fourth-order valence-corrected chi connectivity index (χ4v) is 4.52. The van der Waals surface area contributed by atoms with Crippen molar-refractivity contribution < 1.29 is 17.9 Å². The minimum Gasteiger partial charge on any atom is -0.468 e. The molecule has 110 valence electrons. The lowest BCUT2D eigenvalue weighted by atomic mass is 10.2. The highest BCUT2D eigenvalue weighted by Crippen LogP contribution is 2.31. The first-order chi connectivity index (χ1) is 9.39. The van der Waals surface area contributed by atoms with Crippen LogP contribution < -0.4 is 5.73 Å². The molecule has 0 amide bonds. The number of anilines is 1. The predicted octanol–water partition coefficient (Wildman–Crippen LogP) is 0.903. The Hall–Kier alpha value is -1.60. The maximum Gasteiger partial charge on any atom is 0.324 e. The molecule has 1 aliphatic rings. The highest BCUT2D eigenvalue weighted by molar-refractivity contribution is 7.89. The Morgan fingerprint density at radius 1 is 1.45 bits per heavy atom. The van der Waals surface area contributed by atoms with Crippen molar-refractivity contribution in [1.29, 1.82) is 0 Å². The summed E-state index contributed by atoms with van der Waals surface area (Å²) in [4.78, 5) is 11.8. The number of benzene rings is 1. The van der Waals surface area contributed by atoms with Gasteiger partial charge >= 0.3 is 5.97 Å². The Morgan fingerprint density at radius 2 is 2.15 bits per heavy atom. The number of carbonyl (C=O) groups is 1. The fourth-order valence-electron chi connectivity index (χ4n) is 2.54. The standard InChI is InChI=1S/C13H18N2O4S/c1-9-5-3-6-10(14)12(9)20(17,18)15-8-4-7-11(15)13(16)19-2/h3,5-6,11H,4,7-8,14H2,1-2H3. The van der Waals surface area contributed by atoms with Gasteiger partial charge in [0.2, 0.25) is 10.0 Å². The van der Waals surface area contributed by atoms with E-state index in [1.54, 1.807) is 25.1 Å². The number of methoxy groups -OCH3 is 1. The molecule has 2 N–H and O–H groups in total. The lowest BCUT2D eigenvalue weighted by Crippen LogP contribution is -2.41. The summed E-state index contributed by atoms with van der Waals surface area (Å²) in [6.07, 6.45) is 1.10. The van der Waals surface area contributed by atoms with E-state index in [0.717, 1.165) is 0 Å². The van der Waals surface area contributed by atoms with Crippen LogP contribution in [0, 0.1) is 6.92 Å². The highest BCUT2D eigenvalue weighted by atomic mass is 32.2. The van der Waals surface area contributed by atoms with E-state index in [1.165, 1.54) is 11.4 Å². The van der Waals surface area contributed by atoms with Gasteiger partial charge in [-0.2, -0.15) is 4.31 Å². The number of ether oxygens (including phenoxy) is 1. The normalized spacial score (nSPS) is 20.0. The van der Waals surface area contributed by atoms with Gasteiger partial charge in [-0.05, 0) is 31.4 Å². The SMILES string of the molecule is COC(=O)C1CCCN1S(=O)(=O)c1c(C)cccc1N. The third-order valence-corrected chi connectivity index (χ3v) is 5.61. The molecular weight excluding hydrogens is 280 g/mol. The van der Waals surface area contributed by atoms with Crippen molar-refractivity contribution >= 4 is 21.7 Å². The van der Waals surface area contributed by atoms with Crippen LogP contribution in [0.5, 0.6) is 0 Å². The summed E-state index contributed by atoms with van der Waals surface area (Å²) in [5, 5.41) is 0. The van der Waals surface area contributed by atoms with Crippen LogP contribution in [0.4, 0.5) is 5.69 Å². The molecule has 1 fully saturated rings. The number of nitrogens with zero attached hydrogens (tertiary/aromatic N) is 1. The summed E-state index contributed by atoms with van der Waals surface area (Å²) in [6.45, 7) is 1.99. The van der Waals surface area contributed by atoms with Crippen molar-refractivity contribution in [2.45, 2.75) is 30.7 Å². The molecule has 0 radical (unpaired) electrons. The lowest BCUT2D eigenvalue weighted by molar-refractivity contribution is -0.144. The molecule has 1 heterocycles. The number of rotatable bonds is 3. The van der Waals surface area contributed by atoms with Crippen molar-refractivity contribution in [3.05, 3.63) is 23.8 Å². The number of esters is 1.